The van der Waals surface area contributed by atoms with Crippen LogP contribution in [-0.2, 0) is 16.1 Å². The topological polar surface area (TPSA) is 102 Å². The Balaban J connectivity index is 1.97. The lowest BCUT2D eigenvalue weighted by Crippen LogP contribution is -2.44. The van der Waals surface area contributed by atoms with Crippen molar-refractivity contribution in [2.75, 3.05) is 6.61 Å². The van der Waals surface area contributed by atoms with Crippen LogP contribution in [-0.4, -0.2) is 40.3 Å². The molecule has 0 saturated heterocycles. The summed E-state index contributed by atoms with van der Waals surface area (Å²) in [5.41, 5.74) is 3.74. The number of imide groups is 1. The number of rotatable bonds is 7. The lowest BCUT2D eigenvalue weighted by Gasteiger charge is -2.11. The zero-order chi connectivity index (χ0) is 21.6. The van der Waals surface area contributed by atoms with Gasteiger partial charge in [-0.15, -0.1) is 0 Å². The van der Waals surface area contributed by atoms with Gasteiger partial charge in [0.05, 0.1) is 17.9 Å². The third-order valence-electron chi connectivity index (χ3n) is 4.62. The average molecular weight is 400 g/mol. The summed E-state index contributed by atoms with van der Waals surface area (Å²) in [5.74, 6) is -1.34. The van der Waals surface area contributed by atoms with E-state index in [0.717, 1.165) is 12.0 Å². The number of hydrogen-bond acceptors (Lipinski definition) is 5. The highest BCUT2D eigenvalue weighted by atomic mass is 16.5. The Kier molecular flexibility index (Phi) is 7.52. The molecule has 8 nitrogen and oxygen atoms in total. The molecule has 156 valence electrons. The number of urea groups is 1. The molecule has 0 aliphatic heterocycles. The monoisotopic (exact) mass is 400 g/mol. The van der Waals surface area contributed by atoms with Crippen LogP contribution in [0.3, 0.4) is 0 Å². The van der Waals surface area contributed by atoms with Gasteiger partial charge >= 0.3 is 12.0 Å². The zero-order valence-electron chi connectivity index (χ0n) is 17.5. The van der Waals surface area contributed by atoms with Crippen LogP contribution < -0.4 is 10.6 Å². The van der Waals surface area contributed by atoms with E-state index in [0.29, 0.717) is 23.5 Å². The summed E-state index contributed by atoms with van der Waals surface area (Å²) < 4.78 is 6.81. The fourth-order valence-corrected chi connectivity index (χ4v) is 2.74. The van der Waals surface area contributed by atoms with Gasteiger partial charge in [-0.05, 0) is 39.7 Å². The summed E-state index contributed by atoms with van der Waals surface area (Å²) >= 11 is 0. The molecule has 29 heavy (non-hydrogen) atoms. The second-order valence-electron chi connectivity index (χ2n) is 7.10. The van der Waals surface area contributed by atoms with Crippen LogP contribution in [0.5, 0.6) is 0 Å². The molecule has 0 fully saturated rings. The van der Waals surface area contributed by atoms with Crippen LogP contribution in [0.25, 0.3) is 0 Å². The molecule has 1 atom stereocenters. The fraction of sp³-hybridized carbons (Fsp3) is 0.429. The number of hydrogen-bond donors (Lipinski definition) is 2. The van der Waals surface area contributed by atoms with E-state index in [-0.39, 0.29) is 6.04 Å². The van der Waals surface area contributed by atoms with Gasteiger partial charge in [-0.3, -0.25) is 14.8 Å². The summed E-state index contributed by atoms with van der Waals surface area (Å²) in [4.78, 5) is 35.9. The summed E-state index contributed by atoms with van der Waals surface area (Å²) in [5, 5.41) is 9.16. The van der Waals surface area contributed by atoms with Crippen LogP contribution in [0, 0.1) is 20.8 Å². The van der Waals surface area contributed by atoms with E-state index in [9.17, 15) is 14.4 Å². The first-order valence-electron chi connectivity index (χ1n) is 9.58. The van der Waals surface area contributed by atoms with Crippen molar-refractivity contribution in [2.24, 2.45) is 0 Å². The van der Waals surface area contributed by atoms with Gasteiger partial charge < -0.3 is 10.1 Å². The van der Waals surface area contributed by atoms with Crippen molar-refractivity contribution >= 4 is 17.9 Å². The highest BCUT2D eigenvalue weighted by Crippen LogP contribution is 2.16. The Morgan fingerprint density at radius 2 is 1.79 bits per heavy atom. The molecule has 8 heteroatoms. The molecule has 0 saturated carbocycles. The van der Waals surface area contributed by atoms with Gasteiger partial charge in [0.2, 0.25) is 0 Å². The molecule has 0 bridgehead atoms. The minimum atomic E-state index is -0.693. The van der Waals surface area contributed by atoms with Crippen molar-refractivity contribution in [2.45, 2.75) is 53.6 Å². The smallest absolute Gasteiger partial charge is 0.342 e. The number of aromatic nitrogens is 2. The molecule has 2 aromatic rings. The molecule has 0 unspecified atom stereocenters. The number of ether oxygens (including phenoxy) is 1. The van der Waals surface area contributed by atoms with Gasteiger partial charge in [-0.1, -0.05) is 36.8 Å². The molecular weight excluding hydrogens is 372 g/mol. The van der Waals surface area contributed by atoms with Crippen LogP contribution in [0.4, 0.5) is 4.79 Å². The van der Waals surface area contributed by atoms with Crippen LogP contribution in [0.15, 0.2) is 24.3 Å². The number of amides is 3. The van der Waals surface area contributed by atoms with E-state index in [1.807, 2.05) is 45.0 Å². The van der Waals surface area contributed by atoms with Crippen molar-refractivity contribution in [3.05, 3.63) is 52.3 Å². The predicted octanol–water partition coefficient (Wildman–Crippen LogP) is 2.64. The zero-order valence-corrected chi connectivity index (χ0v) is 17.5. The highest BCUT2D eigenvalue weighted by molar-refractivity contribution is 5.97. The van der Waals surface area contributed by atoms with E-state index in [1.54, 1.807) is 18.5 Å². The summed E-state index contributed by atoms with van der Waals surface area (Å²) in [6, 6.07) is 7.39. The summed E-state index contributed by atoms with van der Waals surface area (Å²) in [6.45, 7) is 9.23. The Bertz CT molecular complexity index is 887. The summed E-state index contributed by atoms with van der Waals surface area (Å²) in [7, 11) is 0. The molecular formula is C21H28N4O4. The molecule has 1 aromatic carbocycles. The quantitative estimate of drug-likeness (QED) is 0.696. The van der Waals surface area contributed by atoms with Crippen LogP contribution >= 0.6 is 0 Å². The van der Waals surface area contributed by atoms with E-state index in [2.05, 4.69) is 15.7 Å². The first-order valence-corrected chi connectivity index (χ1v) is 9.58. The van der Waals surface area contributed by atoms with Crippen molar-refractivity contribution in [3.63, 3.8) is 0 Å². The Hall–Kier alpha value is -3.16. The predicted molar refractivity (Wildman–Crippen MR) is 109 cm³/mol. The van der Waals surface area contributed by atoms with Crippen molar-refractivity contribution in [3.8, 4) is 0 Å². The third-order valence-corrected chi connectivity index (χ3v) is 4.62. The number of nitrogens with zero attached hydrogens (tertiary/aromatic N) is 2. The molecule has 0 aliphatic rings. The van der Waals surface area contributed by atoms with Gasteiger partial charge in [0.15, 0.2) is 6.61 Å². The van der Waals surface area contributed by atoms with E-state index >= 15 is 0 Å². The van der Waals surface area contributed by atoms with Crippen molar-refractivity contribution in [1.82, 2.24) is 20.4 Å². The average Bonchev–Trinajstić information content (AvgIpc) is 2.94. The third kappa shape index (κ3) is 6.17. The maximum absolute atomic E-state index is 12.5. The molecule has 1 heterocycles. The molecule has 0 aliphatic carbocycles. The Morgan fingerprint density at radius 1 is 1.14 bits per heavy atom. The van der Waals surface area contributed by atoms with Crippen LogP contribution in [0.2, 0.25) is 0 Å². The SMILES string of the molecule is CC[C@H](C)NC(=O)NC(=O)COC(=O)c1c(C)nn(Cc2ccc(C)cc2)c1C. The minimum absolute atomic E-state index is 0.0602. The lowest BCUT2D eigenvalue weighted by molar-refractivity contribution is -0.123. The molecule has 2 rings (SSSR count). The van der Waals surface area contributed by atoms with Crippen molar-refractivity contribution in [1.29, 1.82) is 0 Å². The van der Waals surface area contributed by atoms with Gasteiger partial charge in [0.25, 0.3) is 5.91 Å². The number of aryl methyl sites for hydroxylation is 2. The van der Waals surface area contributed by atoms with Crippen molar-refractivity contribution < 1.29 is 19.1 Å². The number of carbonyl (C=O) groups excluding carboxylic acids is 3. The largest absolute Gasteiger partial charge is 0.452 e. The fourth-order valence-electron chi connectivity index (χ4n) is 2.74. The maximum atomic E-state index is 12.5. The first-order chi connectivity index (χ1) is 13.7. The van der Waals surface area contributed by atoms with Gasteiger partial charge in [0.1, 0.15) is 5.56 Å². The minimum Gasteiger partial charge on any atom is -0.452 e. The first kappa shape index (κ1) is 22.1. The van der Waals surface area contributed by atoms with Gasteiger partial charge in [-0.2, -0.15) is 5.10 Å². The molecule has 0 spiro atoms. The Labute approximate surface area is 170 Å². The second kappa shape index (κ2) is 9.86. The molecule has 3 amide bonds. The standard InChI is InChI=1S/C21H28N4O4/c1-6-14(3)22-21(28)23-18(26)12-29-20(27)19-15(4)24-25(16(19)5)11-17-9-7-13(2)8-10-17/h7-10,14H,6,11-12H2,1-5H3,(H2,22,23,26,28)/t14-/m0/s1. The lowest BCUT2D eigenvalue weighted by atomic mass is 10.1. The molecule has 0 radical (unpaired) electrons. The number of benzene rings is 1. The van der Waals surface area contributed by atoms with Gasteiger partial charge in [0, 0.05) is 6.04 Å². The number of nitrogens with one attached hydrogen (secondary N) is 2. The maximum Gasteiger partial charge on any atom is 0.342 e. The van der Waals surface area contributed by atoms with E-state index in [4.69, 9.17) is 4.74 Å². The number of esters is 1. The summed E-state index contributed by atoms with van der Waals surface area (Å²) in [6.07, 6.45) is 0.738. The van der Waals surface area contributed by atoms with E-state index < -0.39 is 24.5 Å². The van der Waals surface area contributed by atoms with Gasteiger partial charge in [-0.25, -0.2) is 9.59 Å². The second-order valence-corrected chi connectivity index (χ2v) is 7.10. The molecule has 2 N–H and O–H groups in total. The highest BCUT2D eigenvalue weighted by Gasteiger charge is 2.21. The Morgan fingerprint density at radius 3 is 2.41 bits per heavy atom. The number of carbonyl (C=O) groups is 3. The normalized spacial score (nSPS) is 11.6. The molecule has 1 aromatic heterocycles. The van der Waals surface area contributed by atoms with E-state index in [1.165, 1.54) is 5.56 Å². The van der Waals surface area contributed by atoms with Crippen LogP contribution in [0.1, 0.15) is 53.1 Å².